The SMILES string of the molecule is NC(=O)c1cccc2[nH]n[n+]([O-])c12. The number of carbonyl (C=O) groups excluding carboxylic acids is 1. The number of nitrogens with one attached hydrogen (secondary N) is 1. The van der Waals surface area contributed by atoms with E-state index in [0.29, 0.717) is 10.4 Å². The molecule has 1 amide bonds. The smallest absolute Gasteiger partial charge is 0.253 e. The highest BCUT2D eigenvalue weighted by molar-refractivity contribution is 6.02. The van der Waals surface area contributed by atoms with Crippen LogP contribution in [0.2, 0.25) is 0 Å². The Balaban J connectivity index is 2.88. The second-order valence-corrected chi connectivity index (χ2v) is 2.55. The third kappa shape index (κ3) is 0.994. The Morgan fingerprint density at radius 3 is 3.08 bits per heavy atom. The number of hydrogen-bond donors (Lipinski definition) is 2. The first-order chi connectivity index (χ1) is 6.20. The van der Waals surface area contributed by atoms with Gasteiger partial charge in [0.15, 0.2) is 5.52 Å². The molecule has 0 unspecified atom stereocenters. The Hall–Kier alpha value is -2.11. The summed E-state index contributed by atoms with van der Waals surface area (Å²) in [4.78, 5) is 11.2. The Bertz CT molecular complexity index is 476. The molecule has 13 heavy (non-hydrogen) atoms. The Morgan fingerprint density at radius 1 is 1.62 bits per heavy atom. The lowest BCUT2D eigenvalue weighted by Crippen LogP contribution is -2.30. The summed E-state index contributed by atoms with van der Waals surface area (Å²) < 4.78 is 0. The maximum atomic E-state index is 11.1. The van der Waals surface area contributed by atoms with Crippen LogP contribution in [0, 0.1) is 5.21 Å². The van der Waals surface area contributed by atoms with E-state index in [2.05, 4.69) is 10.3 Å². The Morgan fingerprint density at radius 2 is 2.38 bits per heavy atom. The molecule has 0 fully saturated rings. The molecule has 0 saturated heterocycles. The molecule has 0 spiro atoms. The van der Waals surface area contributed by atoms with Gasteiger partial charge in [-0.25, -0.2) is 0 Å². The van der Waals surface area contributed by atoms with Crippen LogP contribution in [0.5, 0.6) is 0 Å². The zero-order chi connectivity index (χ0) is 9.42. The first-order valence-electron chi connectivity index (χ1n) is 3.57. The number of benzene rings is 1. The largest absolute Gasteiger partial charge is 0.691 e. The average Bonchev–Trinajstić information content (AvgIpc) is 2.48. The van der Waals surface area contributed by atoms with Crippen LogP contribution in [0.4, 0.5) is 0 Å². The monoisotopic (exact) mass is 178 g/mol. The number of fused-ring (bicyclic) bond motifs is 1. The van der Waals surface area contributed by atoms with Gasteiger partial charge in [0.1, 0.15) is 0 Å². The zero-order valence-corrected chi connectivity index (χ0v) is 6.52. The summed E-state index contributed by atoms with van der Waals surface area (Å²) in [6.45, 7) is 0. The van der Waals surface area contributed by atoms with Crippen molar-refractivity contribution in [2.75, 3.05) is 0 Å². The van der Waals surface area contributed by atoms with Gasteiger partial charge in [0.05, 0.1) is 10.8 Å². The number of aromatic nitrogens is 3. The van der Waals surface area contributed by atoms with E-state index in [1.54, 1.807) is 12.1 Å². The zero-order valence-electron chi connectivity index (χ0n) is 6.52. The fraction of sp³-hybridized carbons (Fsp3) is 0. The van der Waals surface area contributed by atoms with Crippen LogP contribution in [-0.2, 0) is 0 Å². The van der Waals surface area contributed by atoms with E-state index < -0.39 is 5.91 Å². The van der Waals surface area contributed by atoms with Crippen molar-refractivity contribution in [2.24, 2.45) is 5.73 Å². The average molecular weight is 178 g/mol. The number of amides is 1. The van der Waals surface area contributed by atoms with Crippen molar-refractivity contribution in [1.82, 2.24) is 10.3 Å². The summed E-state index contributed by atoms with van der Waals surface area (Å²) in [5.41, 5.74) is 5.91. The predicted octanol–water partition coefficient (Wildman–Crippen LogP) is -0.705. The summed E-state index contributed by atoms with van der Waals surface area (Å²) in [5.74, 6) is -0.642. The second-order valence-electron chi connectivity index (χ2n) is 2.55. The van der Waals surface area contributed by atoms with E-state index in [9.17, 15) is 10.0 Å². The molecule has 6 nitrogen and oxygen atoms in total. The number of H-pyrrole nitrogens is 1. The number of nitrogens with zero attached hydrogens (tertiary/aromatic N) is 2. The van der Waals surface area contributed by atoms with Crippen LogP contribution in [0.25, 0.3) is 11.0 Å². The minimum atomic E-state index is -0.642. The van der Waals surface area contributed by atoms with Crippen molar-refractivity contribution < 1.29 is 9.64 Å². The molecular formula is C7H6N4O2. The van der Waals surface area contributed by atoms with Crippen molar-refractivity contribution in [2.45, 2.75) is 0 Å². The third-order valence-corrected chi connectivity index (χ3v) is 1.75. The lowest BCUT2D eigenvalue weighted by molar-refractivity contribution is -0.644. The summed E-state index contributed by atoms with van der Waals surface area (Å²) in [7, 11) is 0. The van der Waals surface area contributed by atoms with Crippen molar-refractivity contribution >= 4 is 16.9 Å². The van der Waals surface area contributed by atoms with Crippen molar-refractivity contribution in [3.05, 3.63) is 29.0 Å². The van der Waals surface area contributed by atoms with Crippen molar-refractivity contribution in [1.29, 1.82) is 0 Å². The number of aromatic amines is 1. The molecule has 0 radical (unpaired) electrons. The van der Waals surface area contributed by atoms with Gasteiger partial charge in [-0.2, -0.15) is 0 Å². The number of nitrogens with two attached hydrogens (primary N) is 1. The van der Waals surface area contributed by atoms with E-state index in [1.165, 1.54) is 6.07 Å². The van der Waals surface area contributed by atoms with Crippen LogP contribution in [-0.4, -0.2) is 16.2 Å². The van der Waals surface area contributed by atoms with Gasteiger partial charge in [0.2, 0.25) is 5.52 Å². The lowest BCUT2D eigenvalue weighted by atomic mass is 10.2. The van der Waals surface area contributed by atoms with E-state index in [-0.39, 0.29) is 11.1 Å². The standard InChI is InChI=1S/C7H6N4O2/c8-7(12)4-2-1-3-5-6(4)11(13)10-9-5/h1-3,9H,(H2,8,12). The highest BCUT2D eigenvalue weighted by Gasteiger charge is 2.14. The molecule has 2 aromatic rings. The third-order valence-electron chi connectivity index (χ3n) is 1.75. The van der Waals surface area contributed by atoms with Crippen molar-refractivity contribution in [3.63, 3.8) is 0 Å². The highest BCUT2D eigenvalue weighted by atomic mass is 16.5. The molecular weight excluding hydrogens is 172 g/mol. The maximum absolute atomic E-state index is 11.1. The molecule has 0 aliphatic rings. The first kappa shape index (κ1) is 7.53. The van der Waals surface area contributed by atoms with E-state index in [0.717, 1.165) is 0 Å². The molecule has 3 N–H and O–H groups in total. The van der Waals surface area contributed by atoms with Gasteiger partial charge >= 0.3 is 0 Å². The summed E-state index contributed by atoms with van der Waals surface area (Å²) in [6.07, 6.45) is 0. The van der Waals surface area contributed by atoms with Crippen LogP contribution < -0.4 is 10.6 Å². The van der Waals surface area contributed by atoms with Gasteiger partial charge in [0.25, 0.3) is 5.91 Å². The van der Waals surface area contributed by atoms with Gasteiger partial charge in [-0.05, 0) is 12.1 Å². The topological polar surface area (TPSA) is 98.7 Å². The molecule has 66 valence electrons. The normalized spacial score (nSPS) is 10.5. The van der Waals surface area contributed by atoms with Gasteiger partial charge in [0, 0.05) is 0 Å². The van der Waals surface area contributed by atoms with Gasteiger partial charge < -0.3 is 10.9 Å². The molecule has 1 aromatic carbocycles. The number of primary amides is 1. The van der Waals surface area contributed by atoms with Crippen molar-refractivity contribution in [3.8, 4) is 0 Å². The van der Waals surface area contributed by atoms with Gasteiger partial charge in [-0.1, -0.05) is 6.07 Å². The molecule has 6 heteroatoms. The quantitative estimate of drug-likeness (QED) is 0.446. The minimum absolute atomic E-state index is 0.168. The van der Waals surface area contributed by atoms with E-state index in [4.69, 9.17) is 5.73 Å². The van der Waals surface area contributed by atoms with Crippen LogP contribution in [0.3, 0.4) is 0 Å². The fourth-order valence-corrected chi connectivity index (χ4v) is 1.19. The molecule has 0 aliphatic heterocycles. The molecule has 1 heterocycles. The summed E-state index contributed by atoms with van der Waals surface area (Å²) in [5, 5.41) is 16.9. The Labute approximate surface area is 72.5 Å². The first-order valence-corrected chi connectivity index (χ1v) is 3.57. The van der Waals surface area contributed by atoms with E-state index in [1.807, 2.05) is 0 Å². The maximum Gasteiger partial charge on any atom is 0.253 e. The van der Waals surface area contributed by atoms with Gasteiger partial charge in [-0.15, -0.1) is 9.94 Å². The number of carbonyl (C=O) groups is 1. The van der Waals surface area contributed by atoms with Crippen LogP contribution in [0.1, 0.15) is 10.4 Å². The lowest BCUT2D eigenvalue weighted by Gasteiger charge is -1.97. The second kappa shape index (κ2) is 2.44. The highest BCUT2D eigenvalue weighted by Crippen LogP contribution is 2.10. The van der Waals surface area contributed by atoms with Crippen LogP contribution in [0.15, 0.2) is 18.2 Å². The Kier molecular flexibility index (Phi) is 1.42. The van der Waals surface area contributed by atoms with Crippen LogP contribution >= 0.6 is 0 Å². The summed E-state index contributed by atoms with van der Waals surface area (Å²) >= 11 is 0. The summed E-state index contributed by atoms with van der Waals surface area (Å²) in [6, 6.07) is 4.75. The van der Waals surface area contributed by atoms with E-state index >= 15 is 0 Å². The molecule has 0 aliphatic carbocycles. The number of hydrogen-bond acceptors (Lipinski definition) is 3. The van der Waals surface area contributed by atoms with Gasteiger partial charge in [-0.3, -0.25) is 4.79 Å². The molecule has 0 atom stereocenters. The molecule has 1 aromatic heterocycles. The molecule has 0 saturated carbocycles. The minimum Gasteiger partial charge on any atom is -0.691 e. The number of rotatable bonds is 1. The molecule has 2 rings (SSSR count). The molecule has 0 bridgehead atoms. The predicted molar refractivity (Wildman–Crippen MR) is 43.6 cm³/mol. The fourth-order valence-electron chi connectivity index (χ4n) is 1.19. The number of para-hydroxylation sites is 1.